The van der Waals surface area contributed by atoms with E-state index in [4.69, 9.17) is 0 Å². The third-order valence-corrected chi connectivity index (χ3v) is 5.31. The molecule has 3 heteroatoms. The highest BCUT2D eigenvalue weighted by atomic mass is 16.4. The van der Waals surface area contributed by atoms with Gasteiger partial charge in [0.1, 0.15) is 0 Å². The first-order valence-corrected chi connectivity index (χ1v) is 8.85. The van der Waals surface area contributed by atoms with Gasteiger partial charge in [-0.1, -0.05) is 74.5 Å². The molecule has 1 N–H and O–H groups in total. The van der Waals surface area contributed by atoms with Crippen LogP contribution in [0.2, 0.25) is 0 Å². The number of aliphatic carboxylic acids is 1. The van der Waals surface area contributed by atoms with E-state index in [0.29, 0.717) is 6.42 Å². The first-order chi connectivity index (χ1) is 11.9. The fraction of sp³-hybridized carbons (Fsp3) is 0.409. The number of hydrogen-bond donors (Lipinski definition) is 1. The molecule has 0 radical (unpaired) electrons. The summed E-state index contributed by atoms with van der Waals surface area (Å²) < 4.78 is 0. The number of carbonyl (C=O) groups is 1. The lowest BCUT2D eigenvalue weighted by Crippen LogP contribution is -2.48. The van der Waals surface area contributed by atoms with Crippen LogP contribution in [0.25, 0.3) is 0 Å². The Kier molecular flexibility index (Phi) is 6.38. The summed E-state index contributed by atoms with van der Waals surface area (Å²) in [6, 6.07) is 20.4. The van der Waals surface area contributed by atoms with Gasteiger partial charge in [-0.15, -0.1) is 0 Å². The first-order valence-electron chi connectivity index (χ1n) is 8.85. The van der Waals surface area contributed by atoms with E-state index >= 15 is 0 Å². The predicted octanol–water partition coefficient (Wildman–Crippen LogP) is 4.09. The molecule has 0 saturated carbocycles. The van der Waals surface area contributed by atoms with Gasteiger partial charge in [-0.3, -0.25) is 4.79 Å². The van der Waals surface area contributed by atoms with E-state index in [-0.39, 0.29) is 5.92 Å². The average molecular weight is 339 g/mol. The molecule has 25 heavy (non-hydrogen) atoms. The quantitative estimate of drug-likeness (QED) is 0.787. The molecule has 0 bridgehead atoms. The zero-order valence-electron chi connectivity index (χ0n) is 15.6. The zero-order chi connectivity index (χ0) is 18.4. The fourth-order valence-electron chi connectivity index (χ4n) is 4.00. The molecule has 0 aromatic heterocycles. The van der Waals surface area contributed by atoms with Crippen molar-refractivity contribution in [2.45, 2.75) is 25.7 Å². The van der Waals surface area contributed by atoms with Crippen molar-refractivity contribution in [1.29, 1.82) is 0 Å². The number of carboxylic acids is 1. The van der Waals surface area contributed by atoms with Gasteiger partial charge in [0.2, 0.25) is 0 Å². The number of hydrogen-bond acceptors (Lipinski definition) is 2. The molecule has 134 valence electrons. The van der Waals surface area contributed by atoms with Gasteiger partial charge in [0.05, 0.1) is 5.92 Å². The van der Waals surface area contributed by atoms with Crippen molar-refractivity contribution in [3.05, 3.63) is 71.8 Å². The van der Waals surface area contributed by atoms with Gasteiger partial charge in [0.25, 0.3) is 0 Å². The van der Waals surface area contributed by atoms with E-state index < -0.39 is 17.3 Å². The third-order valence-electron chi connectivity index (χ3n) is 5.31. The van der Waals surface area contributed by atoms with E-state index in [1.54, 1.807) is 0 Å². The highest BCUT2D eigenvalue weighted by Gasteiger charge is 2.46. The van der Waals surface area contributed by atoms with Crippen LogP contribution < -0.4 is 0 Å². The maximum atomic E-state index is 12.1. The van der Waals surface area contributed by atoms with Gasteiger partial charge in [-0.2, -0.15) is 0 Å². The van der Waals surface area contributed by atoms with Crippen LogP contribution in [-0.2, 0) is 16.6 Å². The summed E-state index contributed by atoms with van der Waals surface area (Å²) in [5.74, 6) is -1.06. The molecule has 0 heterocycles. The van der Waals surface area contributed by atoms with Gasteiger partial charge in [0, 0.05) is 12.0 Å². The van der Waals surface area contributed by atoms with E-state index in [2.05, 4.69) is 36.1 Å². The smallest absolute Gasteiger partial charge is 0.307 e. The third kappa shape index (κ3) is 4.29. The summed E-state index contributed by atoms with van der Waals surface area (Å²) in [5.41, 5.74) is 1.80. The molecule has 3 atom stereocenters. The normalized spacial score (nSPS) is 16.2. The Morgan fingerprint density at radius 2 is 1.52 bits per heavy atom. The predicted molar refractivity (Wildman–Crippen MR) is 103 cm³/mol. The Labute approximate surface area is 151 Å². The maximum Gasteiger partial charge on any atom is 0.307 e. The molecule has 2 unspecified atom stereocenters. The summed E-state index contributed by atoms with van der Waals surface area (Å²) in [6.45, 7) is 4.86. The summed E-state index contributed by atoms with van der Waals surface area (Å²) in [5, 5.41) is 9.93. The Hall–Kier alpha value is -2.13. The molecule has 0 amide bonds. The Balaban J connectivity index is 2.61. The standard InChI is InChI=1S/C22H29NO2/c1-17(16-23(3)4)22(18(2)21(24)25,20-13-9-6-10-14-20)15-19-11-7-5-8-12-19/h5-14,17-18H,15-16H2,1-4H3,(H,24,25)/t17?,18-,22?/m0/s1. The monoisotopic (exact) mass is 339 g/mol. The molecule has 0 aliphatic rings. The molecule has 0 aliphatic carbocycles. The molecular weight excluding hydrogens is 310 g/mol. The SMILES string of the molecule is CC(CN(C)C)C(Cc1ccccc1)(c1ccccc1)[C@@H](C)C(=O)O. The van der Waals surface area contributed by atoms with Crippen molar-refractivity contribution in [3.63, 3.8) is 0 Å². The second kappa shape index (κ2) is 8.30. The fourth-order valence-corrected chi connectivity index (χ4v) is 4.00. The van der Waals surface area contributed by atoms with Gasteiger partial charge >= 0.3 is 5.97 Å². The van der Waals surface area contributed by atoms with Crippen LogP contribution in [0.1, 0.15) is 25.0 Å². The minimum atomic E-state index is -0.745. The van der Waals surface area contributed by atoms with E-state index in [1.807, 2.05) is 57.4 Å². The lowest BCUT2D eigenvalue weighted by Gasteiger charge is -2.44. The van der Waals surface area contributed by atoms with Crippen LogP contribution in [0.15, 0.2) is 60.7 Å². The topological polar surface area (TPSA) is 40.5 Å². The van der Waals surface area contributed by atoms with Crippen LogP contribution >= 0.6 is 0 Å². The van der Waals surface area contributed by atoms with Crippen LogP contribution in [0.3, 0.4) is 0 Å². The van der Waals surface area contributed by atoms with Crippen LogP contribution in [0, 0.1) is 11.8 Å². The van der Waals surface area contributed by atoms with Crippen molar-refractivity contribution in [2.75, 3.05) is 20.6 Å². The second-order valence-electron chi connectivity index (χ2n) is 7.29. The molecule has 2 rings (SSSR count). The lowest BCUT2D eigenvalue weighted by molar-refractivity contribution is -0.144. The van der Waals surface area contributed by atoms with Crippen molar-refractivity contribution in [3.8, 4) is 0 Å². The molecule has 0 spiro atoms. The molecule has 2 aromatic carbocycles. The Morgan fingerprint density at radius 3 is 2.00 bits per heavy atom. The number of carboxylic acid groups (broad SMARTS) is 1. The second-order valence-corrected chi connectivity index (χ2v) is 7.29. The maximum absolute atomic E-state index is 12.1. The zero-order valence-corrected chi connectivity index (χ0v) is 15.6. The lowest BCUT2D eigenvalue weighted by atomic mass is 9.60. The van der Waals surface area contributed by atoms with Crippen LogP contribution in [0.4, 0.5) is 0 Å². The van der Waals surface area contributed by atoms with Gasteiger partial charge in [0.15, 0.2) is 0 Å². The number of nitrogens with zero attached hydrogens (tertiary/aromatic N) is 1. The summed E-state index contributed by atoms with van der Waals surface area (Å²) in [7, 11) is 4.08. The van der Waals surface area contributed by atoms with E-state index in [1.165, 1.54) is 5.56 Å². The van der Waals surface area contributed by atoms with Gasteiger partial charge in [-0.25, -0.2) is 0 Å². The van der Waals surface area contributed by atoms with Crippen LogP contribution in [0.5, 0.6) is 0 Å². The van der Waals surface area contributed by atoms with Crippen molar-refractivity contribution in [2.24, 2.45) is 11.8 Å². The molecular formula is C22H29NO2. The molecule has 0 fully saturated rings. The first kappa shape index (κ1) is 19.2. The summed E-state index contributed by atoms with van der Waals surface area (Å²) >= 11 is 0. The van der Waals surface area contributed by atoms with Gasteiger partial charge < -0.3 is 10.0 Å². The van der Waals surface area contributed by atoms with Crippen molar-refractivity contribution >= 4 is 5.97 Å². The Bertz CT molecular complexity index is 669. The number of benzene rings is 2. The molecule has 3 nitrogen and oxygen atoms in total. The largest absolute Gasteiger partial charge is 0.481 e. The highest BCUT2D eigenvalue weighted by molar-refractivity contribution is 5.72. The minimum absolute atomic E-state index is 0.177. The van der Waals surface area contributed by atoms with E-state index in [9.17, 15) is 9.90 Å². The van der Waals surface area contributed by atoms with Crippen LogP contribution in [-0.4, -0.2) is 36.6 Å². The average Bonchev–Trinajstić information content (AvgIpc) is 2.60. The van der Waals surface area contributed by atoms with Crippen molar-refractivity contribution < 1.29 is 9.90 Å². The molecule has 0 aliphatic heterocycles. The summed E-state index contributed by atoms with van der Waals surface area (Å²) in [6.07, 6.45) is 0.709. The minimum Gasteiger partial charge on any atom is -0.481 e. The summed E-state index contributed by atoms with van der Waals surface area (Å²) in [4.78, 5) is 14.2. The van der Waals surface area contributed by atoms with Crippen molar-refractivity contribution in [1.82, 2.24) is 4.90 Å². The van der Waals surface area contributed by atoms with E-state index in [0.717, 1.165) is 12.1 Å². The highest BCUT2D eigenvalue weighted by Crippen LogP contribution is 2.43. The number of rotatable bonds is 8. The van der Waals surface area contributed by atoms with Gasteiger partial charge in [-0.05, 0) is 37.6 Å². The Morgan fingerprint density at radius 1 is 1.00 bits per heavy atom. The molecule has 2 aromatic rings. The molecule has 0 saturated heterocycles.